The van der Waals surface area contributed by atoms with Crippen molar-refractivity contribution in [2.24, 2.45) is 0 Å². The van der Waals surface area contributed by atoms with Crippen LogP contribution in [0.15, 0.2) is 24.3 Å². The highest BCUT2D eigenvalue weighted by molar-refractivity contribution is 6.30. The maximum absolute atomic E-state index is 6.12. The lowest BCUT2D eigenvalue weighted by molar-refractivity contribution is 0.770. The van der Waals surface area contributed by atoms with Crippen LogP contribution in [0.4, 0.5) is 0 Å². The van der Waals surface area contributed by atoms with E-state index >= 15 is 0 Å². The number of halogens is 2. The van der Waals surface area contributed by atoms with Gasteiger partial charge in [0.25, 0.3) is 0 Å². The number of alkyl halides is 1. The van der Waals surface area contributed by atoms with Crippen LogP contribution in [0.2, 0.25) is 5.02 Å². The van der Waals surface area contributed by atoms with Crippen LogP contribution in [0, 0.1) is 0 Å². The molecule has 0 aromatic heterocycles. The molecule has 1 aromatic rings. The van der Waals surface area contributed by atoms with Crippen molar-refractivity contribution >= 4 is 23.2 Å². The Hall–Kier alpha value is -0.200. The van der Waals surface area contributed by atoms with Crippen LogP contribution in [0.3, 0.4) is 0 Å². The lowest BCUT2D eigenvalue weighted by Gasteiger charge is -2.07. The van der Waals surface area contributed by atoms with E-state index in [-0.39, 0.29) is 5.38 Å². The molecule has 0 radical (unpaired) electrons. The second kappa shape index (κ2) is 4.74. The van der Waals surface area contributed by atoms with E-state index in [0.29, 0.717) is 0 Å². The molecule has 12 heavy (non-hydrogen) atoms. The van der Waals surface area contributed by atoms with Gasteiger partial charge in [-0.3, -0.25) is 0 Å². The first kappa shape index (κ1) is 9.88. The van der Waals surface area contributed by atoms with Gasteiger partial charge in [0.1, 0.15) is 0 Å². The Kier molecular flexibility index (Phi) is 3.90. The van der Waals surface area contributed by atoms with Gasteiger partial charge in [-0.2, -0.15) is 0 Å². The highest BCUT2D eigenvalue weighted by Gasteiger charge is 2.05. The van der Waals surface area contributed by atoms with E-state index < -0.39 is 0 Å². The molecule has 0 aliphatic rings. The largest absolute Gasteiger partial charge is 0.118 e. The van der Waals surface area contributed by atoms with Gasteiger partial charge in [-0.25, -0.2) is 0 Å². The van der Waals surface area contributed by atoms with Gasteiger partial charge >= 0.3 is 0 Å². The zero-order valence-corrected chi connectivity index (χ0v) is 8.57. The van der Waals surface area contributed by atoms with Crippen LogP contribution in [0.1, 0.15) is 30.7 Å². The van der Waals surface area contributed by atoms with Gasteiger partial charge in [-0.1, -0.05) is 37.1 Å². The van der Waals surface area contributed by atoms with E-state index in [1.165, 1.54) is 0 Å². The first-order chi connectivity index (χ1) is 5.74. The fourth-order valence-electron chi connectivity index (χ4n) is 1.09. The van der Waals surface area contributed by atoms with Crippen molar-refractivity contribution < 1.29 is 0 Å². The van der Waals surface area contributed by atoms with Crippen LogP contribution >= 0.6 is 23.2 Å². The molecule has 1 atom stereocenters. The van der Waals surface area contributed by atoms with Gasteiger partial charge < -0.3 is 0 Å². The Labute approximate surface area is 83.5 Å². The molecule has 0 spiro atoms. The molecule has 1 rings (SSSR count). The third-order valence-electron chi connectivity index (χ3n) is 1.77. The van der Waals surface area contributed by atoms with E-state index in [1.807, 2.05) is 24.3 Å². The minimum absolute atomic E-state index is 0.132. The zero-order chi connectivity index (χ0) is 8.97. The fourth-order valence-corrected chi connectivity index (χ4v) is 1.58. The van der Waals surface area contributed by atoms with Gasteiger partial charge in [0.2, 0.25) is 0 Å². The summed E-state index contributed by atoms with van der Waals surface area (Å²) in [4.78, 5) is 0. The molecule has 1 aromatic carbocycles. The zero-order valence-electron chi connectivity index (χ0n) is 7.06. The smallest absolute Gasteiger partial charge is 0.0585 e. The monoisotopic (exact) mass is 202 g/mol. The SMILES string of the molecule is CCCC(Cl)c1ccc(Cl)cc1. The van der Waals surface area contributed by atoms with Crippen LogP contribution in [0.25, 0.3) is 0 Å². The molecule has 2 heteroatoms. The summed E-state index contributed by atoms with van der Waals surface area (Å²) in [6.07, 6.45) is 2.12. The predicted octanol–water partition coefficient (Wildman–Crippen LogP) is 4.42. The van der Waals surface area contributed by atoms with Crippen molar-refractivity contribution in [3.05, 3.63) is 34.9 Å². The highest BCUT2D eigenvalue weighted by atomic mass is 35.5. The van der Waals surface area contributed by atoms with Gasteiger partial charge in [-0.15, -0.1) is 11.6 Å². The molecule has 0 bridgehead atoms. The van der Waals surface area contributed by atoms with Crippen LogP contribution in [0.5, 0.6) is 0 Å². The maximum Gasteiger partial charge on any atom is 0.0585 e. The second-order valence-corrected chi connectivity index (χ2v) is 3.77. The molecule has 0 aliphatic heterocycles. The molecule has 0 fully saturated rings. The van der Waals surface area contributed by atoms with Crippen molar-refractivity contribution in [1.82, 2.24) is 0 Å². The molecule has 0 nitrogen and oxygen atoms in total. The van der Waals surface area contributed by atoms with Gasteiger partial charge in [0.05, 0.1) is 5.38 Å². The molecule has 66 valence electrons. The standard InChI is InChI=1S/C10H12Cl2/c1-2-3-10(12)8-4-6-9(11)7-5-8/h4-7,10H,2-3H2,1H3. The molecular formula is C10H12Cl2. The summed E-state index contributed by atoms with van der Waals surface area (Å²) in [5.41, 5.74) is 1.16. The Bertz CT molecular complexity index is 228. The summed E-state index contributed by atoms with van der Waals surface area (Å²) in [7, 11) is 0. The third-order valence-corrected chi connectivity index (χ3v) is 2.50. The second-order valence-electron chi connectivity index (χ2n) is 2.81. The van der Waals surface area contributed by atoms with Crippen molar-refractivity contribution in [2.45, 2.75) is 25.1 Å². The first-order valence-corrected chi connectivity index (χ1v) is 4.95. The minimum Gasteiger partial charge on any atom is -0.118 e. The van der Waals surface area contributed by atoms with E-state index in [1.54, 1.807) is 0 Å². The molecule has 0 saturated heterocycles. The highest BCUT2D eigenvalue weighted by Crippen LogP contribution is 2.26. The normalized spacial score (nSPS) is 12.9. The summed E-state index contributed by atoms with van der Waals surface area (Å²) >= 11 is 11.9. The van der Waals surface area contributed by atoms with Crippen molar-refractivity contribution in [2.75, 3.05) is 0 Å². The summed E-state index contributed by atoms with van der Waals surface area (Å²) < 4.78 is 0. The minimum atomic E-state index is 0.132. The number of rotatable bonds is 3. The summed E-state index contributed by atoms with van der Waals surface area (Å²) in [6.45, 7) is 2.13. The van der Waals surface area contributed by atoms with E-state index in [0.717, 1.165) is 23.4 Å². The number of benzene rings is 1. The predicted molar refractivity (Wildman–Crippen MR) is 55.0 cm³/mol. The van der Waals surface area contributed by atoms with Gasteiger partial charge in [0.15, 0.2) is 0 Å². The number of hydrogen-bond donors (Lipinski definition) is 0. The molecule has 0 heterocycles. The quantitative estimate of drug-likeness (QED) is 0.638. The summed E-state index contributed by atoms with van der Waals surface area (Å²) in [5, 5.41) is 0.895. The fraction of sp³-hybridized carbons (Fsp3) is 0.400. The topological polar surface area (TPSA) is 0 Å². The van der Waals surface area contributed by atoms with Crippen molar-refractivity contribution in [3.8, 4) is 0 Å². The molecule has 1 unspecified atom stereocenters. The van der Waals surface area contributed by atoms with E-state index in [4.69, 9.17) is 23.2 Å². The summed E-state index contributed by atoms with van der Waals surface area (Å²) in [6, 6.07) is 7.72. The molecule has 0 amide bonds. The number of hydrogen-bond acceptors (Lipinski definition) is 0. The lowest BCUT2D eigenvalue weighted by Crippen LogP contribution is -1.88. The summed E-state index contributed by atoms with van der Waals surface area (Å²) in [5.74, 6) is 0. The molecular weight excluding hydrogens is 191 g/mol. The Balaban J connectivity index is 2.68. The van der Waals surface area contributed by atoms with Crippen molar-refractivity contribution in [1.29, 1.82) is 0 Å². The molecule has 0 N–H and O–H groups in total. The van der Waals surface area contributed by atoms with E-state index in [9.17, 15) is 0 Å². The average molecular weight is 203 g/mol. The maximum atomic E-state index is 6.12. The lowest BCUT2D eigenvalue weighted by atomic mass is 10.1. The van der Waals surface area contributed by atoms with Crippen LogP contribution < -0.4 is 0 Å². The van der Waals surface area contributed by atoms with Crippen molar-refractivity contribution in [3.63, 3.8) is 0 Å². The van der Waals surface area contributed by atoms with E-state index in [2.05, 4.69) is 6.92 Å². The Morgan fingerprint density at radius 1 is 1.25 bits per heavy atom. The Morgan fingerprint density at radius 2 is 1.83 bits per heavy atom. The third kappa shape index (κ3) is 2.69. The van der Waals surface area contributed by atoms with Gasteiger partial charge in [-0.05, 0) is 24.1 Å². The molecule has 0 saturated carbocycles. The molecule has 0 aliphatic carbocycles. The van der Waals surface area contributed by atoms with Crippen LogP contribution in [-0.2, 0) is 0 Å². The Morgan fingerprint density at radius 3 is 2.33 bits per heavy atom. The average Bonchev–Trinajstić information content (AvgIpc) is 2.06. The first-order valence-electron chi connectivity index (χ1n) is 4.13. The van der Waals surface area contributed by atoms with Gasteiger partial charge in [0, 0.05) is 5.02 Å². The van der Waals surface area contributed by atoms with Crippen LogP contribution in [-0.4, -0.2) is 0 Å².